The zero-order valence-electron chi connectivity index (χ0n) is 10.9. The van der Waals surface area contributed by atoms with Gasteiger partial charge in [0.1, 0.15) is 0 Å². The van der Waals surface area contributed by atoms with Gasteiger partial charge in [-0.1, -0.05) is 30.4 Å². The Labute approximate surface area is 103 Å². The largest absolute Gasteiger partial charge is 0.271 e. The first-order valence-corrected chi connectivity index (χ1v) is 5.69. The summed E-state index contributed by atoms with van der Waals surface area (Å²) in [5.74, 6) is 5.69. The summed E-state index contributed by atoms with van der Waals surface area (Å²) in [4.78, 5) is 12.3. The Hall–Kier alpha value is -1.61. The van der Waals surface area contributed by atoms with Gasteiger partial charge in [-0.25, -0.2) is 5.84 Å². The molecule has 1 rings (SSSR count). The SMILES string of the molecule is CC=Cc1ccccc1C(=O)N(N)C(C)(C)C. The van der Waals surface area contributed by atoms with Gasteiger partial charge in [-0.3, -0.25) is 9.80 Å². The molecule has 1 aromatic carbocycles. The van der Waals surface area contributed by atoms with Gasteiger partial charge >= 0.3 is 0 Å². The fourth-order valence-electron chi connectivity index (χ4n) is 1.45. The molecule has 0 aliphatic carbocycles. The lowest BCUT2D eigenvalue weighted by molar-refractivity contribution is 0.0581. The van der Waals surface area contributed by atoms with Gasteiger partial charge in [-0.15, -0.1) is 0 Å². The average molecular weight is 232 g/mol. The maximum atomic E-state index is 12.3. The third-order valence-corrected chi connectivity index (χ3v) is 2.48. The molecule has 1 amide bonds. The number of carbonyl (C=O) groups excluding carboxylic acids is 1. The average Bonchev–Trinajstić information content (AvgIpc) is 2.27. The summed E-state index contributed by atoms with van der Waals surface area (Å²) in [6.45, 7) is 7.64. The van der Waals surface area contributed by atoms with Crippen LogP contribution in [0.1, 0.15) is 43.6 Å². The van der Waals surface area contributed by atoms with Crippen molar-refractivity contribution in [1.82, 2.24) is 5.01 Å². The van der Waals surface area contributed by atoms with Gasteiger partial charge in [-0.2, -0.15) is 0 Å². The van der Waals surface area contributed by atoms with Crippen molar-refractivity contribution in [3.8, 4) is 0 Å². The lowest BCUT2D eigenvalue weighted by Gasteiger charge is -2.31. The molecule has 0 saturated heterocycles. The van der Waals surface area contributed by atoms with E-state index in [9.17, 15) is 4.79 Å². The van der Waals surface area contributed by atoms with Crippen LogP contribution >= 0.6 is 0 Å². The van der Waals surface area contributed by atoms with Crippen LogP contribution in [0.15, 0.2) is 30.3 Å². The van der Waals surface area contributed by atoms with Crippen molar-refractivity contribution in [2.45, 2.75) is 33.2 Å². The maximum absolute atomic E-state index is 12.3. The molecule has 3 nitrogen and oxygen atoms in total. The van der Waals surface area contributed by atoms with Crippen LogP contribution in [0.3, 0.4) is 0 Å². The monoisotopic (exact) mass is 232 g/mol. The number of nitrogens with two attached hydrogens (primary N) is 1. The minimum Gasteiger partial charge on any atom is -0.271 e. The maximum Gasteiger partial charge on any atom is 0.268 e. The molecule has 1 aromatic rings. The lowest BCUT2D eigenvalue weighted by atomic mass is 10.0. The van der Waals surface area contributed by atoms with Crippen molar-refractivity contribution in [2.75, 3.05) is 0 Å². The second-order valence-electron chi connectivity index (χ2n) is 4.93. The second kappa shape index (κ2) is 5.15. The van der Waals surface area contributed by atoms with E-state index >= 15 is 0 Å². The van der Waals surface area contributed by atoms with Crippen LogP contribution in [0, 0.1) is 0 Å². The number of rotatable bonds is 2. The molecule has 0 unspecified atom stereocenters. The molecule has 3 heteroatoms. The van der Waals surface area contributed by atoms with Crippen molar-refractivity contribution in [2.24, 2.45) is 5.84 Å². The van der Waals surface area contributed by atoms with Crippen molar-refractivity contribution < 1.29 is 4.79 Å². The normalized spacial score (nSPS) is 11.8. The zero-order valence-corrected chi connectivity index (χ0v) is 10.9. The Morgan fingerprint density at radius 3 is 2.41 bits per heavy atom. The molecule has 0 saturated carbocycles. The van der Waals surface area contributed by atoms with Gasteiger partial charge in [0.15, 0.2) is 0 Å². The number of amides is 1. The summed E-state index contributed by atoms with van der Waals surface area (Å²) in [5.41, 5.74) is 1.13. The number of nitrogens with zero attached hydrogens (tertiary/aromatic N) is 1. The Bertz CT molecular complexity index is 430. The molecule has 0 aliphatic heterocycles. The van der Waals surface area contributed by atoms with Crippen LogP contribution < -0.4 is 5.84 Å². The number of hydrazine groups is 1. The molecular formula is C14H20N2O. The first-order chi connectivity index (χ1) is 7.88. The lowest BCUT2D eigenvalue weighted by Crippen LogP contribution is -2.50. The van der Waals surface area contributed by atoms with E-state index in [1.54, 1.807) is 6.07 Å². The summed E-state index contributed by atoms with van der Waals surface area (Å²) in [6.07, 6.45) is 3.81. The van der Waals surface area contributed by atoms with E-state index in [1.165, 1.54) is 5.01 Å². The first-order valence-electron chi connectivity index (χ1n) is 5.69. The fraction of sp³-hybridized carbons (Fsp3) is 0.357. The minimum absolute atomic E-state index is 0.161. The third kappa shape index (κ3) is 3.17. The highest BCUT2D eigenvalue weighted by atomic mass is 16.2. The van der Waals surface area contributed by atoms with E-state index in [4.69, 9.17) is 5.84 Å². The molecule has 0 fully saturated rings. The van der Waals surface area contributed by atoms with Gasteiger partial charge in [0.25, 0.3) is 5.91 Å². The molecule has 92 valence electrons. The molecule has 0 aliphatic rings. The van der Waals surface area contributed by atoms with E-state index in [0.717, 1.165) is 5.56 Å². The summed E-state index contributed by atoms with van der Waals surface area (Å²) < 4.78 is 0. The topological polar surface area (TPSA) is 46.3 Å². The predicted octanol–water partition coefficient (Wildman–Crippen LogP) is 2.83. The van der Waals surface area contributed by atoms with Crippen LogP contribution in [0.4, 0.5) is 0 Å². The molecule has 17 heavy (non-hydrogen) atoms. The quantitative estimate of drug-likeness (QED) is 0.484. The standard InChI is InChI=1S/C14H20N2O/c1-5-8-11-9-6-7-10-12(11)13(17)16(15)14(2,3)4/h5-10H,15H2,1-4H3. The highest BCUT2D eigenvalue weighted by Gasteiger charge is 2.25. The third-order valence-electron chi connectivity index (χ3n) is 2.48. The molecule has 0 bridgehead atoms. The van der Waals surface area contributed by atoms with Crippen LogP contribution in [-0.4, -0.2) is 16.5 Å². The molecule has 0 spiro atoms. The van der Waals surface area contributed by atoms with Crippen molar-refractivity contribution >= 4 is 12.0 Å². The van der Waals surface area contributed by atoms with E-state index < -0.39 is 0 Å². The summed E-state index contributed by atoms with van der Waals surface area (Å²) >= 11 is 0. The molecule has 2 N–H and O–H groups in total. The summed E-state index contributed by atoms with van der Waals surface area (Å²) in [5, 5.41) is 1.27. The van der Waals surface area contributed by atoms with Crippen LogP contribution in [0.5, 0.6) is 0 Å². The predicted molar refractivity (Wildman–Crippen MR) is 71.3 cm³/mol. The van der Waals surface area contributed by atoms with E-state index in [1.807, 2.05) is 58.0 Å². The smallest absolute Gasteiger partial charge is 0.268 e. The fourth-order valence-corrected chi connectivity index (χ4v) is 1.45. The number of benzene rings is 1. The zero-order chi connectivity index (χ0) is 13.1. The number of hydrogen-bond acceptors (Lipinski definition) is 2. The summed E-state index contributed by atoms with van der Waals surface area (Å²) in [7, 11) is 0. The number of carbonyl (C=O) groups is 1. The second-order valence-corrected chi connectivity index (χ2v) is 4.93. The minimum atomic E-state index is -0.389. The Morgan fingerprint density at radius 2 is 1.88 bits per heavy atom. The van der Waals surface area contributed by atoms with E-state index in [0.29, 0.717) is 5.56 Å². The van der Waals surface area contributed by atoms with E-state index in [-0.39, 0.29) is 11.4 Å². The molecule has 0 atom stereocenters. The Balaban J connectivity index is 3.13. The van der Waals surface area contributed by atoms with Crippen LogP contribution in [0.2, 0.25) is 0 Å². The molecule has 0 radical (unpaired) electrons. The van der Waals surface area contributed by atoms with Crippen LogP contribution in [0.25, 0.3) is 6.08 Å². The summed E-state index contributed by atoms with van der Waals surface area (Å²) in [6, 6.07) is 7.45. The van der Waals surface area contributed by atoms with Gasteiger partial charge in [0, 0.05) is 5.56 Å². The van der Waals surface area contributed by atoms with Gasteiger partial charge < -0.3 is 0 Å². The van der Waals surface area contributed by atoms with Crippen molar-refractivity contribution in [1.29, 1.82) is 0 Å². The number of hydrogen-bond donors (Lipinski definition) is 1. The first kappa shape index (κ1) is 13.5. The highest BCUT2D eigenvalue weighted by molar-refractivity contribution is 5.97. The number of allylic oxidation sites excluding steroid dienone is 1. The Morgan fingerprint density at radius 1 is 1.29 bits per heavy atom. The van der Waals surface area contributed by atoms with Crippen molar-refractivity contribution in [3.63, 3.8) is 0 Å². The van der Waals surface area contributed by atoms with Gasteiger partial charge in [0.05, 0.1) is 5.54 Å². The Kier molecular flexibility index (Phi) is 4.07. The molecule has 0 aromatic heterocycles. The van der Waals surface area contributed by atoms with Gasteiger partial charge in [-0.05, 0) is 39.3 Å². The molecular weight excluding hydrogens is 212 g/mol. The van der Waals surface area contributed by atoms with Gasteiger partial charge in [0.2, 0.25) is 0 Å². The molecule has 0 heterocycles. The van der Waals surface area contributed by atoms with Crippen molar-refractivity contribution in [3.05, 3.63) is 41.5 Å². The highest BCUT2D eigenvalue weighted by Crippen LogP contribution is 2.17. The van der Waals surface area contributed by atoms with E-state index in [2.05, 4.69) is 0 Å². The van der Waals surface area contributed by atoms with Crippen LogP contribution in [-0.2, 0) is 0 Å².